The van der Waals surface area contributed by atoms with Crippen molar-refractivity contribution < 1.29 is 19.4 Å². The van der Waals surface area contributed by atoms with Crippen LogP contribution in [0.2, 0.25) is 0 Å². The van der Waals surface area contributed by atoms with E-state index in [1.54, 1.807) is 42.5 Å². The van der Waals surface area contributed by atoms with E-state index in [9.17, 15) is 14.7 Å². The van der Waals surface area contributed by atoms with E-state index >= 15 is 0 Å². The molecule has 0 saturated carbocycles. The van der Waals surface area contributed by atoms with Crippen LogP contribution in [0.15, 0.2) is 85.2 Å². The van der Waals surface area contributed by atoms with Gasteiger partial charge in [-0.05, 0) is 54.4 Å². The summed E-state index contributed by atoms with van der Waals surface area (Å²) >= 11 is 1.33. The van der Waals surface area contributed by atoms with Gasteiger partial charge in [0.25, 0.3) is 5.78 Å². The zero-order chi connectivity index (χ0) is 24.5. The number of carbonyl (C=O) groups excluding carboxylic acids is 2. The van der Waals surface area contributed by atoms with E-state index < -0.39 is 17.7 Å². The quantitative estimate of drug-likeness (QED) is 0.176. The molecule has 0 aliphatic carbocycles. The van der Waals surface area contributed by atoms with E-state index in [1.165, 1.54) is 28.6 Å². The zero-order valence-electron chi connectivity index (χ0n) is 18.8. The van der Waals surface area contributed by atoms with Crippen molar-refractivity contribution in [2.24, 2.45) is 0 Å². The van der Waals surface area contributed by atoms with Crippen LogP contribution in [0, 0.1) is 6.92 Å². The average Bonchev–Trinajstić information content (AvgIpc) is 3.40. The number of carbonyl (C=O) groups is 2. The molecule has 2 aromatic heterocycles. The SMILES string of the molecule is C=CCOc1ccc(C2/C(=C(\O)c3ccncc3)C(=O)C(=O)N2c2nc3ccc(C)cc3s2)cc1. The van der Waals surface area contributed by atoms with Crippen molar-refractivity contribution in [3.63, 3.8) is 0 Å². The number of fused-ring (bicyclic) bond motifs is 1. The summed E-state index contributed by atoms with van der Waals surface area (Å²) in [7, 11) is 0. The van der Waals surface area contributed by atoms with Gasteiger partial charge in [0.05, 0.1) is 21.8 Å². The lowest BCUT2D eigenvalue weighted by atomic mass is 9.95. The van der Waals surface area contributed by atoms with Crippen molar-refractivity contribution in [3.8, 4) is 5.75 Å². The Morgan fingerprint density at radius 3 is 2.60 bits per heavy atom. The van der Waals surface area contributed by atoms with E-state index in [0.717, 1.165) is 15.8 Å². The monoisotopic (exact) mass is 483 g/mol. The Hall–Kier alpha value is -4.30. The molecule has 4 aromatic rings. The molecule has 1 aliphatic rings. The predicted octanol–water partition coefficient (Wildman–Crippen LogP) is 5.19. The highest BCUT2D eigenvalue weighted by molar-refractivity contribution is 7.22. The molecular formula is C27H21N3O4S. The number of aryl methyl sites for hydroxylation is 1. The van der Waals surface area contributed by atoms with Crippen LogP contribution < -0.4 is 9.64 Å². The number of nitrogens with zero attached hydrogens (tertiary/aromatic N) is 3. The number of hydrogen-bond acceptors (Lipinski definition) is 7. The number of aliphatic hydroxyl groups is 1. The normalized spacial score (nSPS) is 17.2. The number of Topliss-reactive ketones (excluding diaryl/α,β-unsaturated/α-hetero) is 1. The smallest absolute Gasteiger partial charge is 0.301 e. The number of aliphatic hydroxyl groups excluding tert-OH is 1. The highest BCUT2D eigenvalue weighted by Gasteiger charge is 2.48. The average molecular weight is 484 g/mol. The maximum atomic E-state index is 13.3. The minimum Gasteiger partial charge on any atom is -0.507 e. The van der Waals surface area contributed by atoms with Gasteiger partial charge >= 0.3 is 5.91 Å². The summed E-state index contributed by atoms with van der Waals surface area (Å²) < 4.78 is 6.48. The Bertz CT molecular complexity index is 1480. The molecule has 2 aromatic carbocycles. The second kappa shape index (κ2) is 9.15. The van der Waals surface area contributed by atoms with Gasteiger partial charge in [-0.2, -0.15) is 0 Å². The van der Waals surface area contributed by atoms with E-state index in [-0.39, 0.29) is 11.3 Å². The van der Waals surface area contributed by atoms with Gasteiger partial charge in [-0.25, -0.2) is 4.98 Å². The molecule has 1 unspecified atom stereocenters. The summed E-state index contributed by atoms with van der Waals surface area (Å²) in [5, 5.41) is 11.5. The van der Waals surface area contributed by atoms with E-state index in [2.05, 4.69) is 16.5 Å². The van der Waals surface area contributed by atoms with Gasteiger partial charge in [0, 0.05) is 18.0 Å². The van der Waals surface area contributed by atoms with Gasteiger partial charge < -0.3 is 9.84 Å². The number of anilines is 1. The molecule has 1 fully saturated rings. The molecule has 0 radical (unpaired) electrons. The van der Waals surface area contributed by atoms with Crippen molar-refractivity contribution >= 4 is 44.1 Å². The molecule has 1 atom stereocenters. The number of ether oxygens (including phenoxy) is 1. The molecule has 1 amide bonds. The number of ketones is 1. The lowest BCUT2D eigenvalue weighted by molar-refractivity contribution is -0.132. The maximum absolute atomic E-state index is 13.3. The molecule has 0 spiro atoms. The fraction of sp³-hybridized carbons (Fsp3) is 0.111. The molecule has 3 heterocycles. The highest BCUT2D eigenvalue weighted by Crippen LogP contribution is 2.44. The molecule has 5 rings (SSSR count). The third kappa shape index (κ3) is 4.08. The first kappa shape index (κ1) is 22.5. The first-order valence-corrected chi connectivity index (χ1v) is 11.7. The fourth-order valence-corrected chi connectivity index (χ4v) is 5.13. The van der Waals surface area contributed by atoms with E-state index in [4.69, 9.17) is 4.74 Å². The summed E-state index contributed by atoms with van der Waals surface area (Å²) in [6, 6.07) is 15.2. The molecule has 0 bridgehead atoms. The van der Waals surface area contributed by atoms with E-state index in [1.807, 2.05) is 25.1 Å². The Balaban J connectivity index is 1.68. The van der Waals surface area contributed by atoms with Crippen molar-refractivity contribution in [2.75, 3.05) is 11.5 Å². The largest absolute Gasteiger partial charge is 0.507 e. The van der Waals surface area contributed by atoms with Crippen LogP contribution in [0.25, 0.3) is 16.0 Å². The van der Waals surface area contributed by atoms with Gasteiger partial charge in [0.15, 0.2) is 5.13 Å². The number of pyridine rings is 1. The lowest BCUT2D eigenvalue weighted by Crippen LogP contribution is -2.29. The molecule has 174 valence electrons. The molecule has 1 aliphatic heterocycles. The topological polar surface area (TPSA) is 92.6 Å². The predicted molar refractivity (Wildman–Crippen MR) is 136 cm³/mol. The molecule has 8 heteroatoms. The third-order valence-corrected chi connectivity index (χ3v) is 6.72. The molecule has 1 saturated heterocycles. The number of thiazole rings is 1. The second-order valence-corrected chi connectivity index (χ2v) is 9.05. The highest BCUT2D eigenvalue weighted by atomic mass is 32.1. The minimum absolute atomic E-state index is 0.00334. The van der Waals surface area contributed by atoms with Crippen molar-refractivity contribution in [1.29, 1.82) is 0 Å². The molecule has 7 nitrogen and oxygen atoms in total. The van der Waals surface area contributed by atoms with Gasteiger partial charge in [-0.1, -0.05) is 42.2 Å². The third-order valence-electron chi connectivity index (χ3n) is 5.70. The maximum Gasteiger partial charge on any atom is 0.301 e. The van der Waals surface area contributed by atoms with Gasteiger partial charge in [0.1, 0.15) is 18.1 Å². The summed E-state index contributed by atoms with van der Waals surface area (Å²) in [6.45, 7) is 5.98. The van der Waals surface area contributed by atoms with Crippen LogP contribution in [0.3, 0.4) is 0 Å². The van der Waals surface area contributed by atoms with Gasteiger partial charge in [-0.3, -0.25) is 19.5 Å². The standard InChI is InChI=1S/C27H21N3O4S/c1-3-14-34-19-7-5-17(6-8-19)23-22(24(31)18-10-12-28-13-11-18)25(32)26(33)30(23)27-29-20-9-4-16(2)15-21(20)35-27/h3-13,15,23,31H,1,14H2,2H3/b24-22+. The van der Waals surface area contributed by atoms with Crippen molar-refractivity contribution in [1.82, 2.24) is 9.97 Å². The van der Waals surface area contributed by atoms with Gasteiger partial charge in [-0.15, -0.1) is 0 Å². The van der Waals surface area contributed by atoms with Crippen LogP contribution in [0.4, 0.5) is 5.13 Å². The Morgan fingerprint density at radius 2 is 1.89 bits per heavy atom. The summed E-state index contributed by atoms with van der Waals surface area (Å²) in [4.78, 5) is 36.6. The van der Waals surface area contributed by atoms with Crippen LogP contribution in [-0.4, -0.2) is 33.4 Å². The first-order valence-electron chi connectivity index (χ1n) is 10.9. The van der Waals surface area contributed by atoms with E-state index in [0.29, 0.717) is 28.6 Å². The summed E-state index contributed by atoms with van der Waals surface area (Å²) in [5.41, 5.74) is 2.84. The molecule has 1 N–H and O–H groups in total. The summed E-state index contributed by atoms with van der Waals surface area (Å²) in [6.07, 6.45) is 4.68. The van der Waals surface area contributed by atoms with Crippen LogP contribution >= 0.6 is 11.3 Å². The zero-order valence-corrected chi connectivity index (χ0v) is 19.7. The van der Waals surface area contributed by atoms with Gasteiger partial charge in [0.2, 0.25) is 0 Å². The number of benzene rings is 2. The minimum atomic E-state index is -0.863. The number of aromatic nitrogens is 2. The molecule has 35 heavy (non-hydrogen) atoms. The number of amides is 1. The Morgan fingerprint density at radius 1 is 1.14 bits per heavy atom. The Labute approximate surface area is 205 Å². The van der Waals surface area contributed by atoms with Crippen molar-refractivity contribution in [2.45, 2.75) is 13.0 Å². The number of rotatable bonds is 6. The Kier molecular flexibility index (Phi) is 5.88. The lowest BCUT2D eigenvalue weighted by Gasteiger charge is -2.23. The fourth-order valence-electron chi connectivity index (χ4n) is 4.03. The second-order valence-electron chi connectivity index (χ2n) is 8.04. The first-order chi connectivity index (χ1) is 17.0. The van der Waals surface area contributed by atoms with Crippen LogP contribution in [-0.2, 0) is 9.59 Å². The van der Waals surface area contributed by atoms with Crippen LogP contribution in [0.5, 0.6) is 5.75 Å². The van der Waals surface area contributed by atoms with Crippen molar-refractivity contribution in [3.05, 3.63) is 102 Å². The number of hydrogen-bond donors (Lipinski definition) is 1. The molecular weight excluding hydrogens is 462 g/mol. The van der Waals surface area contributed by atoms with Crippen LogP contribution in [0.1, 0.15) is 22.7 Å². The summed E-state index contributed by atoms with van der Waals surface area (Å²) in [5.74, 6) is -1.16.